The summed E-state index contributed by atoms with van der Waals surface area (Å²) < 4.78 is 19.4. The molecule has 0 radical (unpaired) electrons. The molecule has 0 atom stereocenters. The zero-order valence-corrected chi connectivity index (χ0v) is 17.8. The van der Waals surface area contributed by atoms with E-state index >= 15 is 0 Å². The molecule has 0 N–H and O–H groups in total. The van der Waals surface area contributed by atoms with E-state index < -0.39 is 7.12 Å². The maximum Gasteiger partial charge on any atom is 0.496 e. The Balaban J connectivity index is 1.55. The lowest BCUT2D eigenvalue weighted by Crippen LogP contribution is -2.49. The number of anilines is 1. The third-order valence-corrected chi connectivity index (χ3v) is 6.18. The highest BCUT2D eigenvalue weighted by Gasteiger charge is 2.52. The molecule has 2 aliphatic heterocycles. The van der Waals surface area contributed by atoms with Crippen LogP contribution < -0.4 is 10.4 Å². The van der Waals surface area contributed by atoms with Crippen LogP contribution in [0.25, 0.3) is 5.52 Å². The summed E-state index contributed by atoms with van der Waals surface area (Å²) in [5.41, 5.74) is 2.28. The number of carbonyl (C=O) groups excluding carboxylic acids is 1. The number of ether oxygens (including phenoxy) is 1. The zero-order chi connectivity index (χ0) is 20.8. The molecule has 9 heteroatoms. The Labute approximate surface area is 171 Å². The average Bonchev–Trinajstić information content (AvgIpc) is 3.20. The lowest BCUT2D eigenvalue weighted by atomic mass is 9.81. The predicted octanol–water partition coefficient (Wildman–Crippen LogP) is 1.91. The summed E-state index contributed by atoms with van der Waals surface area (Å²) >= 11 is 0. The van der Waals surface area contributed by atoms with Crippen molar-refractivity contribution in [2.75, 3.05) is 37.7 Å². The van der Waals surface area contributed by atoms with Crippen LogP contribution in [0.4, 0.5) is 10.5 Å². The first kappa shape index (κ1) is 20.0. The summed E-state index contributed by atoms with van der Waals surface area (Å²) in [6, 6.07) is 4.10. The molecule has 4 rings (SSSR count). The molecule has 4 heterocycles. The smallest absolute Gasteiger partial charge is 0.450 e. The standard InChI is InChI=1S/C20H29BN4O4/c1-6-27-18(26)24-11-9-23(10-12-24)16-7-8-22-25-14-15(13-17(16)25)21-28-19(2,3)20(4,5)29-21/h7-8,13-14H,6,9-12H2,1-5H3. The SMILES string of the molecule is CCOC(=O)N1CCN(c2ccnn3cc(B4OC(C)(C)C(C)(C)O4)cc23)CC1. The number of rotatable bonds is 3. The van der Waals surface area contributed by atoms with E-state index in [9.17, 15) is 4.79 Å². The Bertz CT molecular complexity index is 889. The summed E-state index contributed by atoms with van der Waals surface area (Å²) in [6.07, 6.45) is 3.53. The molecule has 2 aromatic rings. The molecule has 8 nitrogen and oxygen atoms in total. The molecule has 0 bridgehead atoms. The van der Waals surface area contributed by atoms with Crippen LogP contribution in [0.2, 0.25) is 0 Å². The first-order valence-electron chi connectivity index (χ1n) is 10.2. The van der Waals surface area contributed by atoms with Gasteiger partial charge in [0.1, 0.15) is 0 Å². The Kier molecular flexibility index (Phi) is 4.98. The maximum atomic E-state index is 12.0. The number of nitrogens with zero attached hydrogens (tertiary/aromatic N) is 4. The van der Waals surface area contributed by atoms with Crippen molar-refractivity contribution < 1.29 is 18.8 Å². The topological polar surface area (TPSA) is 68.5 Å². The Morgan fingerprint density at radius 2 is 1.83 bits per heavy atom. The fourth-order valence-corrected chi connectivity index (χ4v) is 3.74. The van der Waals surface area contributed by atoms with Gasteiger partial charge in [0.05, 0.1) is 29.0 Å². The number of carbonyl (C=O) groups is 1. The van der Waals surface area contributed by atoms with Crippen LogP contribution in [0.5, 0.6) is 0 Å². The van der Waals surface area contributed by atoms with E-state index in [1.54, 1.807) is 11.1 Å². The number of piperazine rings is 1. The van der Waals surface area contributed by atoms with Gasteiger partial charge in [-0.3, -0.25) is 0 Å². The van der Waals surface area contributed by atoms with Crippen LogP contribution in [0.15, 0.2) is 24.5 Å². The van der Waals surface area contributed by atoms with E-state index in [-0.39, 0.29) is 17.3 Å². The normalized spacial score (nSPS) is 21.1. The highest BCUT2D eigenvalue weighted by molar-refractivity contribution is 6.62. The van der Waals surface area contributed by atoms with Gasteiger partial charge in [0.2, 0.25) is 0 Å². The van der Waals surface area contributed by atoms with Crippen molar-refractivity contribution >= 4 is 29.9 Å². The van der Waals surface area contributed by atoms with Gasteiger partial charge in [0, 0.05) is 44.0 Å². The van der Waals surface area contributed by atoms with Gasteiger partial charge in [-0.05, 0) is 46.8 Å². The van der Waals surface area contributed by atoms with Gasteiger partial charge >= 0.3 is 13.2 Å². The van der Waals surface area contributed by atoms with Gasteiger partial charge < -0.3 is 23.8 Å². The molecule has 0 saturated carbocycles. The number of aromatic nitrogens is 2. The fraction of sp³-hybridized carbons (Fsp3) is 0.600. The van der Waals surface area contributed by atoms with Gasteiger partial charge in [-0.1, -0.05) is 0 Å². The molecule has 2 saturated heterocycles. The van der Waals surface area contributed by atoms with E-state index in [1.165, 1.54) is 0 Å². The van der Waals surface area contributed by atoms with E-state index in [1.807, 2.05) is 23.7 Å². The van der Waals surface area contributed by atoms with Gasteiger partial charge in [-0.25, -0.2) is 9.31 Å². The molecule has 29 heavy (non-hydrogen) atoms. The predicted molar refractivity (Wildman–Crippen MR) is 112 cm³/mol. The Morgan fingerprint density at radius 3 is 2.45 bits per heavy atom. The first-order chi connectivity index (χ1) is 13.7. The molecule has 0 spiro atoms. The minimum Gasteiger partial charge on any atom is -0.450 e. The van der Waals surface area contributed by atoms with Gasteiger partial charge in [-0.15, -0.1) is 0 Å². The minimum absolute atomic E-state index is 0.238. The van der Waals surface area contributed by atoms with Crippen LogP contribution in [-0.2, 0) is 14.0 Å². The number of hydrogen-bond acceptors (Lipinski definition) is 6. The average molecular weight is 400 g/mol. The molecule has 2 aliphatic rings. The van der Waals surface area contributed by atoms with Crippen LogP contribution >= 0.6 is 0 Å². The molecule has 156 valence electrons. The van der Waals surface area contributed by atoms with Gasteiger partial charge in [0.25, 0.3) is 0 Å². The Morgan fingerprint density at radius 1 is 1.17 bits per heavy atom. The molecule has 0 unspecified atom stereocenters. The largest absolute Gasteiger partial charge is 0.496 e. The van der Waals surface area contributed by atoms with E-state index in [0.29, 0.717) is 19.7 Å². The summed E-state index contributed by atoms with van der Waals surface area (Å²) in [7, 11) is -0.421. The second kappa shape index (κ2) is 7.21. The monoisotopic (exact) mass is 400 g/mol. The lowest BCUT2D eigenvalue weighted by molar-refractivity contribution is 0.00578. The van der Waals surface area contributed by atoms with Crippen molar-refractivity contribution in [2.45, 2.75) is 45.8 Å². The third-order valence-electron chi connectivity index (χ3n) is 6.18. The van der Waals surface area contributed by atoms with Crippen molar-refractivity contribution in [3.05, 3.63) is 24.5 Å². The summed E-state index contributed by atoms with van der Waals surface area (Å²) in [5.74, 6) is 0. The second-order valence-corrected chi connectivity index (χ2v) is 8.58. The van der Waals surface area contributed by atoms with Crippen LogP contribution in [0.1, 0.15) is 34.6 Å². The van der Waals surface area contributed by atoms with E-state index in [0.717, 1.165) is 29.8 Å². The number of fused-ring (bicyclic) bond motifs is 1. The molecule has 0 aromatic carbocycles. The van der Waals surface area contributed by atoms with Crippen LogP contribution in [0, 0.1) is 0 Å². The number of hydrogen-bond donors (Lipinski definition) is 0. The quantitative estimate of drug-likeness (QED) is 0.734. The molecule has 0 aliphatic carbocycles. The van der Waals surface area contributed by atoms with Crippen molar-refractivity contribution in [2.24, 2.45) is 0 Å². The first-order valence-corrected chi connectivity index (χ1v) is 10.2. The third kappa shape index (κ3) is 3.57. The summed E-state index contributed by atoms with van der Waals surface area (Å²) in [6.45, 7) is 13.2. The van der Waals surface area contributed by atoms with Crippen molar-refractivity contribution in [3.63, 3.8) is 0 Å². The van der Waals surface area contributed by atoms with Crippen molar-refractivity contribution in [3.8, 4) is 0 Å². The minimum atomic E-state index is -0.421. The number of amides is 1. The summed E-state index contributed by atoms with van der Waals surface area (Å²) in [4.78, 5) is 16.0. The lowest BCUT2D eigenvalue weighted by Gasteiger charge is -2.35. The van der Waals surface area contributed by atoms with Crippen LogP contribution in [0.3, 0.4) is 0 Å². The molecule has 1 amide bonds. The highest BCUT2D eigenvalue weighted by Crippen LogP contribution is 2.36. The fourth-order valence-electron chi connectivity index (χ4n) is 3.74. The molecule has 2 aromatic heterocycles. The van der Waals surface area contributed by atoms with Gasteiger partial charge in [0.15, 0.2) is 0 Å². The second-order valence-electron chi connectivity index (χ2n) is 8.58. The molecule has 2 fully saturated rings. The van der Waals surface area contributed by atoms with Crippen molar-refractivity contribution in [1.82, 2.24) is 14.5 Å². The van der Waals surface area contributed by atoms with Crippen LogP contribution in [-0.4, -0.2) is 71.7 Å². The summed E-state index contributed by atoms with van der Waals surface area (Å²) in [5, 5.41) is 4.46. The van der Waals surface area contributed by atoms with Crippen molar-refractivity contribution in [1.29, 1.82) is 0 Å². The maximum absolute atomic E-state index is 12.0. The zero-order valence-electron chi connectivity index (χ0n) is 17.8. The van der Waals surface area contributed by atoms with E-state index in [4.69, 9.17) is 14.0 Å². The molecular formula is C20H29BN4O4. The molecular weight excluding hydrogens is 371 g/mol. The Hall–Kier alpha value is -2.26. The van der Waals surface area contributed by atoms with Gasteiger partial charge in [-0.2, -0.15) is 5.10 Å². The van der Waals surface area contributed by atoms with E-state index in [2.05, 4.69) is 43.8 Å². The highest BCUT2D eigenvalue weighted by atomic mass is 16.7.